The van der Waals surface area contributed by atoms with Crippen molar-refractivity contribution in [2.24, 2.45) is 0 Å². The number of aromatic nitrogens is 2. The fourth-order valence-electron chi connectivity index (χ4n) is 7.47. The fraction of sp³-hybridized carbons (Fsp3) is 0.0435. The maximum atomic E-state index is 5.41. The van der Waals surface area contributed by atoms with Gasteiger partial charge in [-0.05, 0) is 72.7 Å². The zero-order valence-electron chi connectivity index (χ0n) is 27.6. The Morgan fingerprint density at radius 2 is 0.816 bits per heavy atom. The number of hydrogen-bond acceptors (Lipinski definition) is 2. The second kappa shape index (κ2) is 11.7. The lowest BCUT2D eigenvalue weighted by molar-refractivity contribution is 1.20. The first-order valence-corrected chi connectivity index (χ1v) is 19.9. The van der Waals surface area contributed by atoms with Crippen LogP contribution < -0.4 is 10.4 Å². The molecule has 3 heteroatoms. The Labute approximate surface area is 288 Å². The number of benzene rings is 7. The van der Waals surface area contributed by atoms with Crippen LogP contribution in [0.1, 0.15) is 0 Å². The first kappa shape index (κ1) is 29.3. The van der Waals surface area contributed by atoms with E-state index in [1.165, 1.54) is 54.5 Å². The van der Waals surface area contributed by atoms with Gasteiger partial charge in [0.1, 0.15) is 8.07 Å². The molecule has 8 aromatic rings. The summed E-state index contributed by atoms with van der Waals surface area (Å²) < 4.78 is 0. The number of fused-ring (bicyclic) bond motifs is 4. The van der Waals surface area contributed by atoms with Crippen molar-refractivity contribution in [3.63, 3.8) is 0 Å². The zero-order chi connectivity index (χ0) is 33.0. The molecule has 9 rings (SSSR count). The van der Waals surface area contributed by atoms with Gasteiger partial charge in [-0.3, -0.25) is 0 Å². The van der Waals surface area contributed by atoms with Crippen molar-refractivity contribution in [2.45, 2.75) is 13.1 Å². The second-order valence-corrected chi connectivity index (χ2v) is 17.7. The molecule has 0 radical (unpaired) electrons. The van der Waals surface area contributed by atoms with E-state index in [0.717, 1.165) is 33.9 Å². The molecule has 0 unspecified atom stereocenters. The van der Waals surface area contributed by atoms with Gasteiger partial charge in [-0.25, -0.2) is 9.97 Å². The molecule has 49 heavy (non-hydrogen) atoms. The van der Waals surface area contributed by atoms with Gasteiger partial charge in [0.2, 0.25) is 0 Å². The first-order chi connectivity index (χ1) is 24.0. The molecule has 0 bridgehead atoms. The van der Waals surface area contributed by atoms with E-state index in [2.05, 4.69) is 183 Å². The minimum absolute atomic E-state index is 0.762. The predicted molar refractivity (Wildman–Crippen MR) is 209 cm³/mol. The lowest BCUT2D eigenvalue weighted by Gasteiger charge is -2.22. The van der Waals surface area contributed by atoms with Gasteiger partial charge in [-0.15, -0.1) is 0 Å². The molecule has 0 aliphatic carbocycles. The van der Waals surface area contributed by atoms with Gasteiger partial charge < -0.3 is 0 Å². The van der Waals surface area contributed by atoms with E-state index in [1.807, 2.05) is 0 Å². The van der Waals surface area contributed by atoms with Gasteiger partial charge in [0.15, 0.2) is 5.82 Å². The summed E-state index contributed by atoms with van der Waals surface area (Å²) in [6, 6.07) is 61.0. The van der Waals surface area contributed by atoms with Gasteiger partial charge in [-0.2, -0.15) is 0 Å². The quantitative estimate of drug-likeness (QED) is 0.175. The SMILES string of the molecule is C[Si]1(C)c2cc3ccccc3cc2-c2nc(-c3cccc(-c4cccc(-c5ccc(-c6ccccc6)cc5)c4)c3)nc(-c3ccccc3)c21. The summed E-state index contributed by atoms with van der Waals surface area (Å²) in [5.74, 6) is 0.762. The molecule has 0 N–H and O–H groups in total. The minimum atomic E-state index is -2.10. The number of rotatable bonds is 5. The van der Waals surface area contributed by atoms with E-state index in [0.29, 0.717) is 0 Å². The monoisotopic (exact) mass is 642 g/mol. The van der Waals surface area contributed by atoms with Crippen LogP contribution in [0.15, 0.2) is 170 Å². The van der Waals surface area contributed by atoms with Crippen molar-refractivity contribution >= 4 is 29.2 Å². The second-order valence-electron chi connectivity index (χ2n) is 13.5. The Hall–Kier alpha value is -5.90. The summed E-state index contributed by atoms with van der Waals surface area (Å²) in [4.78, 5) is 10.8. The fourth-order valence-corrected chi connectivity index (χ4v) is 10.7. The Morgan fingerprint density at radius 1 is 0.367 bits per heavy atom. The van der Waals surface area contributed by atoms with Crippen LogP contribution in [-0.4, -0.2) is 18.0 Å². The summed E-state index contributed by atoms with van der Waals surface area (Å²) >= 11 is 0. The van der Waals surface area contributed by atoms with Gasteiger partial charge in [0.25, 0.3) is 0 Å². The maximum Gasteiger partial charge on any atom is 0.160 e. The van der Waals surface area contributed by atoms with E-state index in [9.17, 15) is 0 Å². The minimum Gasteiger partial charge on any atom is -0.228 e. The molecular weight excluding hydrogens is 609 g/mol. The summed E-state index contributed by atoms with van der Waals surface area (Å²) in [6.07, 6.45) is 0. The van der Waals surface area contributed by atoms with Crippen LogP contribution >= 0.6 is 0 Å². The molecule has 0 spiro atoms. The number of nitrogens with zero attached hydrogens (tertiary/aromatic N) is 2. The Balaban J connectivity index is 1.15. The molecule has 1 aliphatic rings. The molecule has 0 fully saturated rings. The van der Waals surface area contributed by atoms with Crippen LogP contribution in [0, 0.1) is 0 Å². The largest absolute Gasteiger partial charge is 0.228 e. The van der Waals surface area contributed by atoms with Crippen molar-refractivity contribution < 1.29 is 0 Å². The third-order valence-corrected chi connectivity index (χ3v) is 13.5. The molecular formula is C46H34N2Si. The van der Waals surface area contributed by atoms with Crippen molar-refractivity contribution in [2.75, 3.05) is 0 Å². The van der Waals surface area contributed by atoms with Gasteiger partial charge in [0.05, 0.1) is 11.4 Å². The van der Waals surface area contributed by atoms with E-state index >= 15 is 0 Å². The highest BCUT2D eigenvalue weighted by Gasteiger charge is 2.42. The molecule has 1 aromatic heterocycles. The molecule has 232 valence electrons. The lowest BCUT2D eigenvalue weighted by Crippen LogP contribution is -2.50. The first-order valence-electron chi connectivity index (χ1n) is 16.9. The molecule has 1 aliphatic heterocycles. The molecule has 0 amide bonds. The van der Waals surface area contributed by atoms with Crippen LogP contribution in [0.4, 0.5) is 0 Å². The van der Waals surface area contributed by atoms with E-state index in [1.54, 1.807) is 0 Å². The normalized spacial score (nSPS) is 12.9. The lowest BCUT2D eigenvalue weighted by atomic mass is 9.96. The van der Waals surface area contributed by atoms with Crippen LogP contribution in [-0.2, 0) is 0 Å². The van der Waals surface area contributed by atoms with Crippen molar-refractivity contribution in [3.8, 4) is 67.3 Å². The van der Waals surface area contributed by atoms with E-state index in [4.69, 9.17) is 9.97 Å². The topological polar surface area (TPSA) is 25.8 Å². The maximum absolute atomic E-state index is 5.41. The summed E-state index contributed by atoms with van der Waals surface area (Å²) in [5, 5.41) is 5.30. The van der Waals surface area contributed by atoms with Crippen LogP contribution in [0.5, 0.6) is 0 Å². The van der Waals surface area contributed by atoms with Crippen molar-refractivity contribution in [3.05, 3.63) is 170 Å². The van der Waals surface area contributed by atoms with Crippen LogP contribution in [0.25, 0.3) is 78.1 Å². The van der Waals surface area contributed by atoms with E-state index in [-0.39, 0.29) is 0 Å². The molecule has 7 aromatic carbocycles. The highest BCUT2D eigenvalue weighted by molar-refractivity contribution is 7.04. The summed E-state index contributed by atoms with van der Waals surface area (Å²) in [6.45, 7) is 4.90. The average Bonchev–Trinajstić information content (AvgIpc) is 3.39. The third kappa shape index (κ3) is 5.11. The smallest absolute Gasteiger partial charge is 0.160 e. The van der Waals surface area contributed by atoms with Crippen molar-refractivity contribution in [1.29, 1.82) is 0 Å². The standard InChI is InChI=1S/C46H34N2Si/c1-49(2)42-30-39-18-10-9-17-38(39)29-41(42)44-45(49)43(34-15-7-4-8-16-34)47-46(48-44)40-22-12-21-37(28-40)36-20-11-19-35(27-36)33-25-23-32(24-26-33)31-13-5-3-6-14-31/h3-30H,1-2H3. The highest BCUT2D eigenvalue weighted by Crippen LogP contribution is 2.36. The van der Waals surface area contributed by atoms with E-state index < -0.39 is 8.07 Å². The molecule has 2 nitrogen and oxygen atoms in total. The van der Waals surface area contributed by atoms with Crippen LogP contribution in [0.2, 0.25) is 13.1 Å². The van der Waals surface area contributed by atoms with Gasteiger partial charge >= 0.3 is 0 Å². The van der Waals surface area contributed by atoms with Crippen LogP contribution in [0.3, 0.4) is 0 Å². The molecule has 0 saturated carbocycles. The third-order valence-electron chi connectivity index (χ3n) is 10.0. The highest BCUT2D eigenvalue weighted by atomic mass is 28.3. The van der Waals surface area contributed by atoms with Gasteiger partial charge in [-0.1, -0.05) is 165 Å². The van der Waals surface area contributed by atoms with Gasteiger partial charge in [0, 0.05) is 16.7 Å². The summed E-state index contributed by atoms with van der Waals surface area (Å²) in [7, 11) is -2.10. The molecule has 2 heterocycles. The summed E-state index contributed by atoms with van der Waals surface area (Å²) in [5.41, 5.74) is 12.7. The Morgan fingerprint density at radius 3 is 1.47 bits per heavy atom. The zero-order valence-corrected chi connectivity index (χ0v) is 28.6. The Bertz CT molecular complexity index is 2500. The predicted octanol–water partition coefficient (Wildman–Crippen LogP) is 10.8. The average molecular weight is 643 g/mol. The number of hydrogen-bond donors (Lipinski definition) is 0. The molecule has 0 atom stereocenters. The molecule has 0 saturated heterocycles. The Kier molecular flexibility index (Phi) is 6.96. The van der Waals surface area contributed by atoms with Crippen molar-refractivity contribution in [1.82, 2.24) is 9.97 Å².